The highest BCUT2D eigenvalue weighted by Crippen LogP contribution is 2.44. The molecule has 1 aromatic heterocycles. The molecule has 200 valence electrons. The van der Waals surface area contributed by atoms with Crippen molar-refractivity contribution in [1.29, 1.82) is 0 Å². The van der Waals surface area contributed by atoms with Crippen LogP contribution in [0.5, 0.6) is 0 Å². The van der Waals surface area contributed by atoms with Gasteiger partial charge in [0.15, 0.2) is 5.82 Å². The van der Waals surface area contributed by atoms with Crippen LogP contribution in [0.2, 0.25) is 0 Å². The molecule has 2 heterocycles. The van der Waals surface area contributed by atoms with Crippen LogP contribution in [-0.2, 0) is 11.0 Å². The largest absolute Gasteiger partial charge is 0.416 e. The topological polar surface area (TPSA) is 93.2 Å². The zero-order valence-corrected chi connectivity index (χ0v) is 20.6. The van der Waals surface area contributed by atoms with Gasteiger partial charge in [0.2, 0.25) is 0 Å². The Morgan fingerprint density at radius 2 is 1.72 bits per heavy atom. The molecule has 3 aromatic carbocycles. The average Bonchev–Trinajstić information content (AvgIpc) is 3.26. The number of para-hydroxylation sites is 1. The summed E-state index contributed by atoms with van der Waals surface area (Å²) in [5, 5.41) is 7.11. The summed E-state index contributed by atoms with van der Waals surface area (Å²) < 4.78 is 55.2. The van der Waals surface area contributed by atoms with E-state index in [1.165, 1.54) is 39.9 Å². The molecule has 0 aliphatic carbocycles. The SMILES string of the molecule is CCN1C(=O)[C@H](NC(=O)c2cccc(C(F)(F)F)c2)[C@H](c2ccc(F)cc2)c2c(N)nn(-c3ccccc3)c21. The third-order valence-electron chi connectivity index (χ3n) is 6.64. The lowest BCUT2D eigenvalue weighted by molar-refractivity contribution is -0.137. The summed E-state index contributed by atoms with van der Waals surface area (Å²) in [5.74, 6) is -2.31. The number of nitrogens with two attached hydrogens (primary N) is 1. The van der Waals surface area contributed by atoms with Crippen molar-refractivity contribution in [3.63, 3.8) is 0 Å². The van der Waals surface area contributed by atoms with Crippen LogP contribution in [0.4, 0.5) is 29.2 Å². The normalized spacial score (nSPS) is 17.2. The molecule has 1 aliphatic rings. The first kappa shape index (κ1) is 26.0. The van der Waals surface area contributed by atoms with Gasteiger partial charge in [0, 0.05) is 23.6 Å². The number of halogens is 4. The zero-order valence-electron chi connectivity index (χ0n) is 20.6. The van der Waals surface area contributed by atoms with Crippen molar-refractivity contribution in [1.82, 2.24) is 15.1 Å². The van der Waals surface area contributed by atoms with Gasteiger partial charge in [-0.25, -0.2) is 9.07 Å². The van der Waals surface area contributed by atoms with Crippen molar-refractivity contribution >= 4 is 23.5 Å². The molecule has 39 heavy (non-hydrogen) atoms. The number of benzene rings is 3. The molecule has 2 atom stereocenters. The molecule has 0 fully saturated rings. The summed E-state index contributed by atoms with van der Waals surface area (Å²) in [6.07, 6.45) is -4.65. The van der Waals surface area contributed by atoms with E-state index in [4.69, 9.17) is 5.73 Å². The molecule has 0 unspecified atom stereocenters. The van der Waals surface area contributed by atoms with Gasteiger partial charge in [-0.2, -0.15) is 13.2 Å². The molecule has 5 rings (SSSR count). The first-order valence-corrected chi connectivity index (χ1v) is 12.1. The van der Waals surface area contributed by atoms with Crippen molar-refractivity contribution in [3.05, 3.63) is 107 Å². The first-order valence-electron chi connectivity index (χ1n) is 12.1. The molecule has 0 radical (unpaired) electrons. The lowest BCUT2D eigenvalue weighted by Gasteiger charge is -2.38. The second kappa shape index (κ2) is 9.90. The number of anilines is 2. The number of fused-ring (bicyclic) bond motifs is 1. The van der Waals surface area contributed by atoms with E-state index in [9.17, 15) is 27.2 Å². The Hall–Kier alpha value is -4.67. The third kappa shape index (κ3) is 4.71. The monoisotopic (exact) mass is 537 g/mol. The highest BCUT2D eigenvalue weighted by atomic mass is 19.4. The van der Waals surface area contributed by atoms with E-state index in [0.717, 1.165) is 18.2 Å². The maximum atomic E-state index is 13.9. The number of amides is 2. The second-order valence-corrected chi connectivity index (χ2v) is 9.01. The van der Waals surface area contributed by atoms with Crippen LogP contribution in [0.15, 0.2) is 78.9 Å². The van der Waals surface area contributed by atoms with Gasteiger partial charge in [-0.1, -0.05) is 36.4 Å². The maximum absolute atomic E-state index is 13.9. The van der Waals surface area contributed by atoms with E-state index in [2.05, 4.69) is 10.4 Å². The molecule has 0 bridgehead atoms. The first-order chi connectivity index (χ1) is 18.6. The predicted molar refractivity (Wildman–Crippen MR) is 137 cm³/mol. The summed E-state index contributed by atoms with van der Waals surface area (Å²) in [4.78, 5) is 28.6. The molecule has 0 saturated heterocycles. The van der Waals surface area contributed by atoms with E-state index in [-0.39, 0.29) is 17.9 Å². The number of carbonyl (C=O) groups excluding carboxylic acids is 2. The molecular formula is C28H23F4N5O2. The summed E-state index contributed by atoms with van der Waals surface area (Å²) in [5.41, 5.74) is 6.69. The summed E-state index contributed by atoms with van der Waals surface area (Å²) in [6.45, 7) is 1.93. The van der Waals surface area contributed by atoms with Crippen molar-refractivity contribution in [2.45, 2.75) is 25.1 Å². The number of hydrogen-bond donors (Lipinski definition) is 2. The van der Waals surface area contributed by atoms with Crippen molar-refractivity contribution in [3.8, 4) is 5.69 Å². The number of likely N-dealkylation sites (N-methyl/N-ethyl adjacent to an activating group) is 1. The van der Waals surface area contributed by atoms with E-state index in [1.54, 1.807) is 31.2 Å². The minimum atomic E-state index is -4.65. The average molecular weight is 538 g/mol. The van der Waals surface area contributed by atoms with Crippen LogP contribution >= 0.6 is 0 Å². The van der Waals surface area contributed by atoms with Gasteiger partial charge in [0.1, 0.15) is 17.7 Å². The number of nitrogens with zero attached hydrogens (tertiary/aromatic N) is 3. The van der Waals surface area contributed by atoms with Gasteiger partial charge in [0.05, 0.1) is 11.3 Å². The molecule has 1 aliphatic heterocycles. The van der Waals surface area contributed by atoms with Crippen LogP contribution in [0.25, 0.3) is 5.69 Å². The Morgan fingerprint density at radius 1 is 1.03 bits per heavy atom. The highest BCUT2D eigenvalue weighted by molar-refractivity contribution is 6.06. The summed E-state index contributed by atoms with van der Waals surface area (Å²) in [7, 11) is 0. The molecule has 3 N–H and O–H groups in total. The number of nitrogen functional groups attached to an aromatic ring is 1. The smallest absolute Gasteiger partial charge is 0.382 e. The molecule has 7 nitrogen and oxygen atoms in total. The lowest BCUT2D eigenvalue weighted by Crippen LogP contribution is -2.55. The van der Waals surface area contributed by atoms with Crippen LogP contribution in [-0.4, -0.2) is 34.2 Å². The zero-order chi connectivity index (χ0) is 27.9. The fourth-order valence-electron chi connectivity index (χ4n) is 4.87. The minimum absolute atomic E-state index is 0.0902. The number of hydrogen-bond acceptors (Lipinski definition) is 4. The standard InChI is InChI=1S/C28H23F4N5O2/c1-2-36-26-22(24(33)35-37(26)20-9-4-3-5-10-20)21(16-11-13-19(29)14-12-16)23(27(36)39)34-25(38)17-7-6-8-18(15-17)28(30,31)32/h3-15,21,23H,2H2,1H3,(H2,33,35)(H,34,38)/t21-,23-/m1/s1. The predicted octanol–water partition coefficient (Wildman–Crippen LogP) is 4.91. The fourth-order valence-corrected chi connectivity index (χ4v) is 4.87. The minimum Gasteiger partial charge on any atom is -0.382 e. The molecule has 0 spiro atoms. The van der Waals surface area contributed by atoms with Crippen LogP contribution in [0, 0.1) is 5.82 Å². The molecule has 2 amide bonds. The number of rotatable bonds is 5. The van der Waals surface area contributed by atoms with Gasteiger partial charge >= 0.3 is 6.18 Å². The van der Waals surface area contributed by atoms with Gasteiger partial charge in [-0.3, -0.25) is 14.5 Å². The molecule has 4 aromatic rings. The Labute approximate surface area is 220 Å². The van der Waals surface area contributed by atoms with E-state index in [0.29, 0.717) is 22.6 Å². The van der Waals surface area contributed by atoms with Crippen molar-refractivity contribution in [2.24, 2.45) is 0 Å². The van der Waals surface area contributed by atoms with E-state index in [1.807, 2.05) is 6.07 Å². The van der Waals surface area contributed by atoms with Crippen molar-refractivity contribution < 1.29 is 27.2 Å². The van der Waals surface area contributed by atoms with Gasteiger partial charge in [0.25, 0.3) is 11.8 Å². The number of nitrogens with one attached hydrogen (secondary N) is 1. The van der Waals surface area contributed by atoms with Crippen LogP contribution < -0.4 is 16.0 Å². The Bertz CT molecular complexity index is 1530. The quantitative estimate of drug-likeness (QED) is 0.354. The van der Waals surface area contributed by atoms with Gasteiger partial charge in [-0.15, -0.1) is 5.10 Å². The molecular weight excluding hydrogens is 514 g/mol. The third-order valence-corrected chi connectivity index (χ3v) is 6.64. The number of alkyl halides is 3. The second-order valence-electron chi connectivity index (χ2n) is 9.01. The van der Waals surface area contributed by atoms with Gasteiger partial charge in [-0.05, 0) is 55.0 Å². The van der Waals surface area contributed by atoms with Crippen LogP contribution in [0.3, 0.4) is 0 Å². The lowest BCUT2D eigenvalue weighted by atomic mass is 9.81. The highest BCUT2D eigenvalue weighted by Gasteiger charge is 2.46. The van der Waals surface area contributed by atoms with E-state index < -0.39 is 41.3 Å². The fraction of sp³-hybridized carbons (Fsp3) is 0.179. The number of aromatic nitrogens is 2. The Kier molecular flexibility index (Phi) is 6.59. The summed E-state index contributed by atoms with van der Waals surface area (Å²) in [6, 6.07) is 17.1. The Morgan fingerprint density at radius 3 is 2.36 bits per heavy atom. The maximum Gasteiger partial charge on any atom is 0.416 e. The Balaban J connectivity index is 1.65. The summed E-state index contributed by atoms with van der Waals surface area (Å²) >= 11 is 0. The van der Waals surface area contributed by atoms with Gasteiger partial charge < -0.3 is 11.1 Å². The van der Waals surface area contributed by atoms with Crippen molar-refractivity contribution in [2.75, 3.05) is 17.2 Å². The molecule has 11 heteroatoms. The van der Waals surface area contributed by atoms with E-state index >= 15 is 0 Å². The number of carbonyl (C=O) groups is 2. The van der Waals surface area contributed by atoms with Crippen LogP contribution in [0.1, 0.15) is 39.9 Å². The molecule has 0 saturated carbocycles.